The lowest BCUT2D eigenvalue weighted by Gasteiger charge is -2.03. The lowest BCUT2D eigenvalue weighted by Crippen LogP contribution is -1.91. The first kappa shape index (κ1) is 10.3. The van der Waals surface area contributed by atoms with Gasteiger partial charge in [0.1, 0.15) is 5.82 Å². The molecule has 0 fully saturated rings. The van der Waals surface area contributed by atoms with E-state index >= 15 is 0 Å². The standard InChI is InChI=1S/C9H8FN3S2/c1-5-4-6(2-3-7(5)10)11-8-12-13-9(14)15-8/h2-4H,1H3,(H,11,12)(H,13,14). The molecule has 0 aliphatic rings. The van der Waals surface area contributed by atoms with Crippen LogP contribution in [0.25, 0.3) is 0 Å². The molecule has 0 atom stereocenters. The molecule has 15 heavy (non-hydrogen) atoms. The summed E-state index contributed by atoms with van der Waals surface area (Å²) in [5.41, 5.74) is 1.39. The summed E-state index contributed by atoms with van der Waals surface area (Å²) in [6, 6.07) is 4.80. The van der Waals surface area contributed by atoms with Crippen molar-refractivity contribution in [3.8, 4) is 0 Å². The van der Waals surface area contributed by atoms with Gasteiger partial charge in [0.05, 0.1) is 0 Å². The van der Waals surface area contributed by atoms with Crippen molar-refractivity contribution in [2.75, 3.05) is 5.32 Å². The van der Waals surface area contributed by atoms with Crippen molar-refractivity contribution in [3.63, 3.8) is 0 Å². The number of nitrogens with zero attached hydrogens (tertiary/aromatic N) is 1. The van der Waals surface area contributed by atoms with Gasteiger partial charge < -0.3 is 5.32 Å². The number of benzene rings is 1. The van der Waals surface area contributed by atoms with Crippen molar-refractivity contribution in [1.29, 1.82) is 0 Å². The summed E-state index contributed by atoms with van der Waals surface area (Å²) in [7, 11) is 0. The highest BCUT2D eigenvalue weighted by Crippen LogP contribution is 2.20. The van der Waals surface area contributed by atoms with E-state index < -0.39 is 0 Å². The Morgan fingerprint density at radius 3 is 2.93 bits per heavy atom. The highest BCUT2D eigenvalue weighted by molar-refractivity contribution is 7.73. The molecule has 78 valence electrons. The van der Waals surface area contributed by atoms with Gasteiger partial charge in [-0.1, -0.05) is 11.3 Å². The Morgan fingerprint density at radius 2 is 2.33 bits per heavy atom. The van der Waals surface area contributed by atoms with E-state index in [0.717, 1.165) is 5.69 Å². The first-order valence-corrected chi connectivity index (χ1v) is 5.46. The topological polar surface area (TPSA) is 40.7 Å². The van der Waals surface area contributed by atoms with Crippen molar-refractivity contribution in [3.05, 3.63) is 33.5 Å². The number of nitrogens with one attached hydrogen (secondary N) is 2. The second kappa shape index (κ2) is 4.08. The van der Waals surface area contributed by atoms with Crippen LogP contribution in [0.15, 0.2) is 18.2 Å². The molecule has 0 bridgehead atoms. The summed E-state index contributed by atoms with van der Waals surface area (Å²) in [4.78, 5) is 0. The SMILES string of the molecule is Cc1cc(Nc2n[nH]c(=S)s2)ccc1F. The van der Waals surface area contributed by atoms with Crippen molar-refractivity contribution in [1.82, 2.24) is 10.2 Å². The molecule has 0 saturated heterocycles. The Kier molecular flexibility index (Phi) is 2.79. The monoisotopic (exact) mass is 241 g/mol. The Hall–Kier alpha value is -1.27. The first-order chi connectivity index (χ1) is 7.15. The van der Waals surface area contributed by atoms with Crippen LogP contribution >= 0.6 is 23.6 Å². The highest BCUT2D eigenvalue weighted by atomic mass is 32.1. The van der Waals surface area contributed by atoms with Gasteiger partial charge in [-0.05, 0) is 42.9 Å². The molecule has 0 aliphatic carbocycles. The largest absolute Gasteiger partial charge is 0.330 e. The molecule has 0 radical (unpaired) electrons. The summed E-state index contributed by atoms with van der Waals surface area (Å²) in [6.07, 6.45) is 0. The van der Waals surface area contributed by atoms with Crippen LogP contribution < -0.4 is 5.32 Å². The molecule has 6 heteroatoms. The minimum Gasteiger partial charge on any atom is -0.330 e. The zero-order chi connectivity index (χ0) is 10.8. The molecule has 0 aliphatic heterocycles. The fourth-order valence-electron chi connectivity index (χ4n) is 1.13. The fourth-order valence-corrected chi connectivity index (χ4v) is 1.94. The molecule has 0 saturated carbocycles. The van der Waals surface area contributed by atoms with Gasteiger partial charge in [0.25, 0.3) is 0 Å². The molecule has 2 rings (SSSR count). The van der Waals surface area contributed by atoms with E-state index in [9.17, 15) is 4.39 Å². The fraction of sp³-hybridized carbons (Fsp3) is 0.111. The molecule has 1 heterocycles. The zero-order valence-corrected chi connectivity index (χ0v) is 9.51. The van der Waals surface area contributed by atoms with Crippen LogP contribution in [0.5, 0.6) is 0 Å². The first-order valence-electron chi connectivity index (χ1n) is 4.24. The van der Waals surface area contributed by atoms with Crippen molar-refractivity contribution in [2.45, 2.75) is 6.92 Å². The van der Waals surface area contributed by atoms with E-state index in [-0.39, 0.29) is 5.82 Å². The number of aryl methyl sites for hydroxylation is 1. The number of hydrogen-bond acceptors (Lipinski definition) is 4. The Bertz CT molecular complexity index is 532. The van der Waals surface area contributed by atoms with Gasteiger partial charge in [0.15, 0.2) is 3.95 Å². The van der Waals surface area contributed by atoms with Crippen LogP contribution in [0, 0.1) is 16.7 Å². The van der Waals surface area contributed by atoms with Crippen LogP contribution in [0.1, 0.15) is 5.56 Å². The maximum atomic E-state index is 13.0. The summed E-state index contributed by atoms with van der Waals surface area (Å²) in [6.45, 7) is 1.72. The summed E-state index contributed by atoms with van der Waals surface area (Å²) in [5.74, 6) is -0.213. The van der Waals surface area contributed by atoms with E-state index in [1.165, 1.54) is 17.4 Å². The smallest absolute Gasteiger partial charge is 0.208 e. The molecule has 3 nitrogen and oxygen atoms in total. The van der Waals surface area contributed by atoms with Crippen molar-refractivity contribution in [2.24, 2.45) is 0 Å². The maximum Gasteiger partial charge on any atom is 0.208 e. The molecular formula is C9H8FN3S2. The second-order valence-electron chi connectivity index (χ2n) is 3.01. The normalized spacial score (nSPS) is 10.3. The third-order valence-electron chi connectivity index (χ3n) is 1.85. The number of rotatable bonds is 2. The van der Waals surface area contributed by atoms with Gasteiger partial charge in [-0.15, -0.1) is 5.10 Å². The van der Waals surface area contributed by atoms with Crippen molar-refractivity contribution >= 4 is 34.4 Å². The quantitative estimate of drug-likeness (QED) is 0.792. The maximum absolute atomic E-state index is 13.0. The molecule has 1 aromatic heterocycles. The Labute approximate surface area is 95.0 Å². The lowest BCUT2D eigenvalue weighted by atomic mass is 10.2. The van der Waals surface area contributed by atoms with Gasteiger partial charge in [0.2, 0.25) is 5.13 Å². The van der Waals surface area contributed by atoms with E-state index in [2.05, 4.69) is 15.5 Å². The third kappa shape index (κ3) is 2.40. The molecule has 0 spiro atoms. The minimum atomic E-state index is -0.213. The molecule has 0 amide bonds. The van der Waals surface area contributed by atoms with Crippen LogP contribution in [-0.2, 0) is 0 Å². The van der Waals surface area contributed by atoms with Gasteiger partial charge in [-0.2, -0.15) is 0 Å². The Morgan fingerprint density at radius 1 is 1.53 bits per heavy atom. The van der Waals surface area contributed by atoms with Crippen LogP contribution in [0.3, 0.4) is 0 Å². The van der Waals surface area contributed by atoms with Gasteiger partial charge in [-0.3, -0.25) is 5.10 Å². The third-order valence-corrected chi connectivity index (χ3v) is 2.85. The van der Waals surface area contributed by atoms with Gasteiger partial charge in [-0.25, -0.2) is 4.39 Å². The van der Waals surface area contributed by atoms with Crippen LogP contribution in [0.4, 0.5) is 15.2 Å². The predicted molar refractivity (Wildman–Crippen MR) is 61.7 cm³/mol. The number of hydrogen-bond donors (Lipinski definition) is 2. The van der Waals surface area contributed by atoms with Gasteiger partial charge in [0, 0.05) is 5.69 Å². The zero-order valence-electron chi connectivity index (χ0n) is 7.87. The van der Waals surface area contributed by atoms with E-state index in [0.29, 0.717) is 14.6 Å². The highest BCUT2D eigenvalue weighted by Gasteiger charge is 2.01. The second-order valence-corrected chi connectivity index (χ2v) is 4.67. The molecule has 0 unspecified atom stereocenters. The number of halogens is 1. The molecule has 2 N–H and O–H groups in total. The number of H-pyrrole nitrogens is 1. The van der Waals surface area contributed by atoms with Crippen LogP contribution in [0.2, 0.25) is 0 Å². The predicted octanol–water partition coefficient (Wildman–Crippen LogP) is 3.39. The Balaban J connectivity index is 2.24. The van der Waals surface area contributed by atoms with Crippen LogP contribution in [-0.4, -0.2) is 10.2 Å². The van der Waals surface area contributed by atoms with E-state index in [1.54, 1.807) is 19.1 Å². The molecule has 1 aromatic carbocycles. The summed E-state index contributed by atoms with van der Waals surface area (Å²) in [5, 5.41) is 10.3. The van der Waals surface area contributed by atoms with E-state index in [4.69, 9.17) is 12.2 Å². The number of aromatic nitrogens is 2. The number of aromatic amines is 1. The summed E-state index contributed by atoms with van der Waals surface area (Å²) < 4.78 is 13.6. The average Bonchev–Trinajstić information content (AvgIpc) is 2.58. The number of anilines is 2. The van der Waals surface area contributed by atoms with E-state index in [1.807, 2.05) is 0 Å². The molecular weight excluding hydrogens is 233 g/mol. The van der Waals surface area contributed by atoms with Gasteiger partial charge >= 0.3 is 0 Å². The summed E-state index contributed by atoms with van der Waals surface area (Å²) >= 11 is 6.23. The minimum absolute atomic E-state index is 0.213. The lowest BCUT2D eigenvalue weighted by molar-refractivity contribution is 0.619. The average molecular weight is 241 g/mol. The van der Waals surface area contributed by atoms with Crippen molar-refractivity contribution < 1.29 is 4.39 Å². The molecule has 2 aromatic rings.